The van der Waals surface area contributed by atoms with E-state index in [1.54, 1.807) is 13.8 Å². The number of nitrogens with one attached hydrogen (secondary N) is 2. The van der Waals surface area contributed by atoms with Gasteiger partial charge < -0.3 is 15.4 Å². The Balaban J connectivity index is 1.78. The number of fused-ring (bicyclic) bond motifs is 1. The summed E-state index contributed by atoms with van der Waals surface area (Å²) in [6.07, 6.45) is 0. The predicted octanol–water partition coefficient (Wildman–Crippen LogP) is 4.18. The van der Waals surface area contributed by atoms with E-state index in [4.69, 9.17) is 4.74 Å². The van der Waals surface area contributed by atoms with Gasteiger partial charge in [0.2, 0.25) is 5.91 Å². The Hall–Kier alpha value is -2.91. The molecule has 0 saturated heterocycles. The fourth-order valence-electron chi connectivity index (χ4n) is 3.08. The maximum Gasteiger partial charge on any atom is 0.341 e. The highest BCUT2D eigenvalue weighted by Gasteiger charge is 2.26. The largest absolute Gasteiger partial charge is 0.462 e. The summed E-state index contributed by atoms with van der Waals surface area (Å²) < 4.78 is 5.11. The number of nitrogens with zero attached hydrogens (tertiary/aromatic N) is 1. The number of hydrogen-bond acceptors (Lipinski definition) is 7. The molecule has 3 aromatic rings. The van der Waals surface area contributed by atoms with Crippen LogP contribution in [0, 0.1) is 13.8 Å². The van der Waals surface area contributed by atoms with Crippen molar-refractivity contribution >= 4 is 56.8 Å². The van der Waals surface area contributed by atoms with Crippen LogP contribution in [0.2, 0.25) is 0 Å². The van der Waals surface area contributed by atoms with E-state index in [1.165, 1.54) is 18.8 Å². The van der Waals surface area contributed by atoms with Gasteiger partial charge in [0.1, 0.15) is 5.00 Å². The number of anilines is 1. The van der Waals surface area contributed by atoms with Crippen molar-refractivity contribution in [3.63, 3.8) is 0 Å². The third-order valence-corrected chi connectivity index (χ3v) is 6.68. The normalized spacial score (nSPS) is 10.7. The van der Waals surface area contributed by atoms with Gasteiger partial charge in [-0.25, -0.2) is 9.78 Å². The number of carbonyl (C=O) groups excluding carboxylic acids is 3. The van der Waals surface area contributed by atoms with Crippen molar-refractivity contribution in [2.75, 3.05) is 24.7 Å². The molecule has 162 valence electrons. The highest BCUT2D eigenvalue weighted by molar-refractivity contribution is 7.99. The van der Waals surface area contributed by atoms with Gasteiger partial charge in [-0.15, -0.1) is 11.3 Å². The smallest absolute Gasteiger partial charge is 0.341 e. The van der Waals surface area contributed by atoms with Crippen LogP contribution in [-0.2, 0) is 9.53 Å². The summed E-state index contributed by atoms with van der Waals surface area (Å²) in [4.78, 5) is 42.1. The van der Waals surface area contributed by atoms with Crippen LogP contribution in [-0.4, -0.2) is 42.2 Å². The minimum Gasteiger partial charge on any atom is -0.462 e. The number of para-hydroxylation sites is 1. The second-order valence-electron chi connectivity index (χ2n) is 6.69. The molecule has 0 aliphatic carbocycles. The van der Waals surface area contributed by atoms with E-state index >= 15 is 0 Å². The zero-order valence-corrected chi connectivity index (χ0v) is 19.3. The highest BCUT2D eigenvalue weighted by atomic mass is 32.2. The van der Waals surface area contributed by atoms with Gasteiger partial charge in [-0.2, -0.15) is 0 Å². The lowest BCUT2D eigenvalue weighted by Crippen LogP contribution is -2.18. The Labute approximate surface area is 188 Å². The Morgan fingerprint density at radius 3 is 2.65 bits per heavy atom. The Kier molecular flexibility index (Phi) is 7.29. The van der Waals surface area contributed by atoms with Crippen LogP contribution in [0.3, 0.4) is 0 Å². The number of hydrogen-bond donors (Lipinski definition) is 2. The summed E-state index contributed by atoms with van der Waals surface area (Å²) in [5.74, 6) is -1.08. The van der Waals surface area contributed by atoms with Crippen LogP contribution in [0.5, 0.6) is 0 Å². The number of esters is 1. The van der Waals surface area contributed by atoms with Crippen LogP contribution >= 0.6 is 23.1 Å². The Bertz CT molecular complexity index is 1160. The number of thiophene rings is 1. The molecule has 2 heterocycles. The molecule has 1 aromatic carbocycles. The topological polar surface area (TPSA) is 97.4 Å². The third-order valence-electron chi connectivity index (χ3n) is 4.56. The van der Waals surface area contributed by atoms with Crippen molar-refractivity contribution in [2.24, 2.45) is 0 Å². The summed E-state index contributed by atoms with van der Waals surface area (Å²) in [7, 11) is 1.51. The average molecular weight is 458 g/mol. The number of pyridine rings is 1. The van der Waals surface area contributed by atoms with Crippen molar-refractivity contribution in [3.8, 4) is 0 Å². The summed E-state index contributed by atoms with van der Waals surface area (Å²) in [5, 5.41) is 7.43. The quantitative estimate of drug-likeness (QED) is 0.408. The van der Waals surface area contributed by atoms with Gasteiger partial charge >= 0.3 is 5.97 Å². The lowest BCUT2D eigenvalue weighted by atomic mass is 10.1. The summed E-state index contributed by atoms with van der Waals surface area (Å²) in [6.45, 7) is 5.57. The summed E-state index contributed by atoms with van der Waals surface area (Å²) in [5.41, 5.74) is 2.65. The van der Waals surface area contributed by atoms with Crippen LogP contribution in [0.1, 0.15) is 38.1 Å². The SMILES string of the molecule is CCOC(=O)c1c(NC(=O)CSc2cc(C)c3ccccc3n2)sc(C(=O)NC)c1C. The zero-order chi connectivity index (χ0) is 22.5. The molecule has 2 aromatic heterocycles. The number of thioether (sulfide) groups is 1. The Morgan fingerprint density at radius 2 is 1.94 bits per heavy atom. The lowest BCUT2D eigenvalue weighted by Gasteiger charge is -2.08. The van der Waals surface area contributed by atoms with Gasteiger partial charge in [0.05, 0.1) is 33.3 Å². The molecular formula is C22H23N3O4S2. The molecule has 0 aliphatic heterocycles. The predicted molar refractivity (Wildman–Crippen MR) is 124 cm³/mol. The maximum atomic E-state index is 12.6. The third kappa shape index (κ3) is 5.05. The summed E-state index contributed by atoms with van der Waals surface area (Å²) in [6, 6.07) is 9.79. The zero-order valence-electron chi connectivity index (χ0n) is 17.7. The molecule has 3 rings (SSSR count). The molecule has 0 spiro atoms. The standard InChI is InChI=1S/C22H23N3O4S2/c1-5-29-22(28)18-13(3)19(20(27)23-4)31-21(18)25-16(26)11-30-17-10-12(2)14-8-6-7-9-15(14)24-17/h6-10H,5,11H2,1-4H3,(H,23,27)(H,25,26). The first kappa shape index (κ1) is 22.8. The highest BCUT2D eigenvalue weighted by Crippen LogP contribution is 2.34. The van der Waals surface area contributed by atoms with Gasteiger partial charge in [0, 0.05) is 12.4 Å². The maximum absolute atomic E-state index is 12.6. The molecule has 2 amide bonds. The van der Waals surface area contributed by atoms with E-state index < -0.39 is 5.97 Å². The minimum absolute atomic E-state index is 0.110. The first-order valence-corrected chi connectivity index (χ1v) is 11.5. The molecule has 2 N–H and O–H groups in total. The number of benzene rings is 1. The van der Waals surface area contributed by atoms with Crippen LogP contribution < -0.4 is 10.6 Å². The van der Waals surface area contributed by atoms with E-state index in [0.29, 0.717) is 15.4 Å². The van der Waals surface area contributed by atoms with E-state index in [1.807, 2.05) is 37.3 Å². The number of aryl methyl sites for hydroxylation is 1. The van der Waals surface area contributed by atoms with Crippen molar-refractivity contribution < 1.29 is 19.1 Å². The molecule has 0 fully saturated rings. The average Bonchev–Trinajstić information content (AvgIpc) is 3.07. The Morgan fingerprint density at radius 1 is 1.19 bits per heavy atom. The monoisotopic (exact) mass is 457 g/mol. The van der Waals surface area contributed by atoms with Crippen molar-refractivity contribution in [1.82, 2.24) is 10.3 Å². The molecule has 0 bridgehead atoms. The van der Waals surface area contributed by atoms with Crippen LogP contribution in [0.4, 0.5) is 5.00 Å². The van der Waals surface area contributed by atoms with Gasteiger partial charge in [-0.3, -0.25) is 9.59 Å². The number of ether oxygens (including phenoxy) is 1. The molecule has 9 heteroatoms. The van der Waals surface area contributed by atoms with Gasteiger partial charge in [0.25, 0.3) is 5.91 Å². The van der Waals surface area contributed by atoms with Gasteiger partial charge in [-0.05, 0) is 44.0 Å². The molecule has 0 atom stereocenters. The minimum atomic E-state index is -0.568. The first-order chi connectivity index (χ1) is 14.8. The molecule has 0 aliphatic rings. The molecule has 0 unspecified atom stereocenters. The summed E-state index contributed by atoms with van der Waals surface area (Å²) >= 11 is 2.37. The molecule has 0 radical (unpaired) electrons. The van der Waals surface area contributed by atoms with Crippen molar-refractivity contribution in [1.29, 1.82) is 0 Å². The first-order valence-electron chi connectivity index (χ1n) is 9.67. The van der Waals surface area contributed by atoms with E-state index in [2.05, 4.69) is 15.6 Å². The number of aromatic nitrogens is 1. The second kappa shape index (κ2) is 9.93. The van der Waals surface area contributed by atoms with E-state index in [9.17, 15) is 14.4 Å². The number of carbonyl (C=O) groups is 3. The molecular weight excluding hydrogens is 434 g/mol. The fourth-order valence-corrected chi connectivity index (χ4v) is 5.01. The van der Waals surface area contributed by atoms with Crippen molar-refractivity contribution in [3.05, 3.63) is 51.9 Å². The lowest BCUT2D eigenvalue weighted by molar-refractivity contribution is -0.113. The second-order valence-corrected chi connectivity index (χ2v) is 8.71. The van der Waals surface area contributed by atoms with Crippen LogP contribution in [0.25, 0.3) is 10.9 Å². The fraction of sp³-hybridized carbons (Fsp3) is 0.273. The van der Waals surface area contributed by atoms with Crippen LogP contribution in [0.15, 0.2) is 35.4 Å². The van der Waals surface area contributed by atoms with E-state index in [-0.39, 0.29) is 29.7 Å². The van der Waals surface area contributed by atoms with E-state index in [0.717, 1.165) is 32.8 Å². The number of amides is 2. The molecule has 0 saturated carbocycles. The van der Waals surface area contributed by atoms with Gasteiger partial charge in [0.15, 0.2) is 0 Å². The van der Waals surface area contributed by atoms with Gasteiger partial charge in [-0.1, -0.05) is 30.0 Å². The number of rotatable bonds is 7. The molecule has 7 nitrogen and oxygen atoms in total. The molecule has 31 heavy (non-hydrogen) atoms. The van der Waals surface area contributed by atoms with Crippen molar-refractivity contribution in [2.45, 2.75) is 25.8 Å².